The Labute approximate surface area is 160 Å². The van der Waals surface area contributed by atoms with Gasteiger partial charge in [-0.15, -0.1) is 0 Å². The highest BCUT2D eigenvalue weighted by molar-refractivity contribution is 5.95. The van der Waals surface area contributed by atoms with E-state index >= 15 is 0 Å². The van der Waals surface area contributed by atoms with Crippen molar-refractivity contribution in [2.75, 3.05) is 25.1 Å². The summed E-state index contributed by atoms with van der Waals surface area (Å²) in [5.74, 6) is 2.89. The van der Waals surface area contributed by atoms with Crippen LogP contribution in [0.2, 0.25) is 0 Å². The summed E-state index contributed by atoms with van der Waals surface area (Å²) < 4.78 is 5.32. The zero-order valence-corrected chi connectivity index (χ0v) is 16.0. The lowest BCUT2D eigenvalue weighted by Gasteiger charge is -2.31. The van der Waals surface area contributed by atoms with Crippen molar-refractivity contribution in [3.8, 4) is 5.75 Å². The van der Waals surface area contributed by atoms with Crippen molar-refractivity contribution in [3.63, 3.8) is 0 Å². The maximum Gasteiger partial charge on any atom is 0.228 e. The Kier molecular flexibility index (Phi) is 5.07. The number of piperidine rings is 1. The second-order valence-corrected chi connectivity index (χ2v) is 7.34. The minimum Gasteiger partial charge on any atom is -0.497 e. The van der Waals surface area contributed by atoms with E-state index in [9.17, 15) is 4.79 Å². The monoisotopic (exact) mass is 366 g/mol. The molecule has 2 aromatic rings. The molecule has 0 radical (unpaired) electrons. The van der Waals surface area contributed by atoms with Gasteiger partial charge in [-0.25, -0.2) is 9.97 Å². The summed E-state index contributed by atoms with van der Waals surface area (Å²) in [6, 6.07) is 7.86. The third-order valence-electron chi connectivity index (χ3n) is 5.49. The maximum atomic E-state index is 12.7. The normalized spacial score (nSPS) is 19.7. The summed E-state index contributed by atoms with van der Waals surface area (Å²) in [6.07, 6.45) is 3.45. The molecule has 1 fully saturated rings. The van der Waals surface area contributed by atoms with Crippen molar-refractivity contribution in [2.45, 2.75) is 45.1 Å². The number of ether oxygens (including phenoxy) is 1. The van der Waals surface area contributed by atoms with E-state index in [4.69, 9.17) is 14.7 Å². The van der Waals surface area contributed by atoms with Crippen molar-refractivity contribution >= 4 is 11.7 Å². The number of anilines is 1. The topological polar surface area (TPSA) is 67.3 Å². The number of nitrogens with one attached hydrogen (secondary N) is 1. The standard InChI is InChI=1S/C21H26N4O2/c1-14-18-8-9-19(26)25(13-15-5-3-7-17(11-15)27-2)21(18)24-20(23-14)16-6-4-10-22-12-16/h3,5,7,11,16,22H,4,6,8-10,12-13H2,1-2H3/t16-/m1/s1. The number of benzene rings is 1. The zero-order chi connectivity index (χ0) is 18.8. The summed E-state index contributed by atoms with van der Waals surface area (Å²) >= 11 is 0. The van der Waals surface area contributed by atoms with Crippen molar-refractivity contribution in [2.24, 2.45) is 0 Å². The highest BCUT2D eigenvalue weighted by Gasteiger charge is 2.30. The van der Waals surface area contributed by atoms with Crippen LogP contribution in [0.3, 0.4) is 0 Å². The van der Waals surface area contributed by atoms with Gasteiger partial charge in [0.05, 0.1) is 13.7 Å². The van der Waals surface area contributed by atoms with Crippen LogP contribution < -0.4 is 15.0 Å². The molecule has 4 rings (SSSR count). The van der Waals surface area contributed by atoms with Crippen molar-refractivity contribution in [3.05, 3.63) is 46.9 Å². The largest absolute Gasteiger partial charge is 0.497 e. The third-order valence-corrected chi connectivity index (χ3v) is 5.49. The number of carbonyl (C=O) groups is 1. The van der Waals surface area contributed by atoms with Gasteiger partial charge >= 0.3 is 0 Å². The van der Waals surface area contributed by atoms with Gasteiger partial charge in [0.15, 0.2) is 0 Å². The summed E-state index contributed by atoms with van der Waals surface area (Å²) in [5, 5.41) is 3.43. The Bertz CT molecular complexity index is 846. The molecule has 6 nitrogen and oxygen atoms in total. The quantitative estimate of drug-likeness (QED) is 0.901. The molecule has 0 saturated carbocycles. The fourth-order valence-corrected chi connectivity index (χ4v) is 3.97. The number of amides is 1. The molecule has 1 N–H and O–H groups in total. The second kappa shape index (κ2) is 7.64. The summed E-state index contributed by atoms with van der Waals surface area (Å²) in [5.41, 5.74) is 3.14. The van der Waals surface area contributed by atoms with Crippen molar-refractivity contribution in [1.82, 2.24) is 15.3 Å². The van der Waals surface area contributed by atoms with Gasteiger partial charge in [0.1, 0.15) is 17.4 Å². The van der Waals surface area contributed by atoms with Crippen LogP contribution in [-0.2, 0) is 17.8 Å². The van der Waals surface area contributed by atoms with Gasteiger partial charge in [-0.2, -0.15) is 0 Å². The number of methoxy groups -OCH3 is 1. The van der Waals surface area contributed by atoms with Crippen LogP contribution in [0.5, 0.6) is 5.75 Å². The molecule has 1 atom stereocenters. The lowest BCUT2D eigenvalue weighted by molar-refractivity contribution is -0.119. The number of aromatic nitrogens is 2. The van der Waals surface area contributed by atoms with Crippen LogP contribution in [-0.4, -0.2) is 36.1 Å². The molecular weight excluding hydrogens is 340 g/mol. The fourth-order valence-electron chi connectivity index (χ4n) is 3.97. The van der Waals surface area contributed by atoms with Crippen LogP contribution in [0, 0.1) is 6.92 Å². The fraction of sp³-hybridized carbons (Fsp3) is 0.476. The molecule has 6 heteroatoms. The molecule has 3 heterocycles. The van der Waals surface area contributed by atoms with E-state index in [0.717, 1.165) is 66.6 Å². The van der Waals surface area contributed by atoms with E-state index < -0.39 is 0 Å². The van der Waals surface area contributed by atoms with Crippen LogP contribution in [0.1, 0.15) is 47.8 Å². The summed E-state index contributed by atoms with van der Waals surface area (Å²) in [4.78, 5) is 24.2. The first-order valence-corrected chi connectivity index (χ1v) is 9.67. The highest BCUT2D eigenvalue weighted by atomic mass is 16.5. The van der Waals surface area contributed by atoms with Gasteiger partial charge in [-0.05, 0) is 50.4 Å². The van der Waals surface area contributed by atoms with Gasteiger partial charge in [0, 0.05) is 30.1 Å². The molecule has 0 aliphatic carbocycles. The molecule has 1 amide bonds. The lowest BCUT2D eigenvalue weighted by Crippen LogP contribution is -2.37. The Morgan fingerprint density at radius 2 is 2.19 bits per heavy atom. The predicted molar refractivity (Wildman–Crippen MR) is 104 cm³/mol. The zero-order valence-electron chi connectivity index (χ0n) is 16.0. The van der Waals surface area contributed by atoms with E-state index in [2.05, 4.69) is 5.32 Å². The first-order valence-electron chi connectivity index (χ1n) is 9.67. The summed E-state index contributed by atoms with van der Waals surface area (Å²) in [6.45, 7) is 4.50. The number of hydrogen-bond donors (Lipinski definition) is 1. The number of aryl methyl sites for hydroxylation is 1. The smallest absolute Gasteiger partial charge is 0.228 e. The minimum atomic E-state index is 0.121. The van der Waals surface area contributed by atoms with Crippen LogP contribution in [0.15, 0.2) is 24.3 Å². The number of rotatable bonds is 4. The van der Waals surface area contributed by atoms with E-state index in [-0.39, 0.29) is 5.91 Å². The first kappa shape index (κ1) is 17.9. The Morgan fingerprint density at radius 3 is 2.96 bits per heavy atom. The van der Waals surface area contributed by atoms with Gasteiger partial charge < -0.3 is 10.1 Å². The third kappa shape index (κ3) is 3.67. The molecule has 27 heavy (non-hydrogen) atoms. The number of carbonyl (C=O) groups excluding carboxylic acids is 1. The van der Waals surface area contributed by atoms with E-state index in [1.54, 1.807) is 7.11 Å². The first-order chi connectivity index (χ1) is 13.2. The van der Waals surface area contributed by atoms with Gasteiger partial charge in [-0.1, -0.05) is 12.1 Å². The average molecular weight is 366 g/mol. The Hall–Kier alpha value is -2.47. The molecule has 0 spiro atoms. The number of nitrogens with zero attached hydrogens (tertiary/aromatic N) is 3. The van der Waals surface area contributed by atoms with Crippen molar-refractivity contribution in [1.29, 1.82) is 0 Å². The number of hydrogen-bond acceptors (Lipinski definition) is 5. The SMILES string of the molecule is COc1cccc(CN2C(=O)CCc3c(C)nc([C@@H]4CCCNC4)nc32)c1. The molecule has 1 aromatic carbocycles. The van der Waals surface area contributed by atoms with Gasteiger partial charge in [0.25, 0.3) is 0 Å². The average Bonchev–Trinajstić information content (AvgIpc) is 2.71. The molecule has 1 saturated heterocycles. The Balaban J connectivity index is 1.69. The maximum absolute atomic E-state index is 12.7. The predicted octanol–water partition coefficient (Wildman–Crippen LogP) is 2.74. The molecule has 0 bridgehead atoms. The van der Waals surface area contributed by atoms with Crippen LogP contribution in [0.25, 0.3) is 0 Å². The van der Waals surface area contributed by atoms with Crippen LogP contribution in [0.4, 0.5) is 5.82 Å². The van der Waals surface area contributed by atoms with E-state index in [1.165, 1.54) is 0 Å². The number of fused-ring (bicyclic) bond motifs is 1. The second-order valence-electron chi connectivity index (χ2n) is 7.34. The molecular formula is C21H26N4O2. The Morgan fingerprint density at radius 1 is 1.30 bits per heavy atom. The van der Waals surface area contributed by atoms with E-state index in [1.807, 2.05) is 36.1 Å². The van der Waals surface area contributed by atoms with Crippen LogP contribution >= 0.6 is 0 Å². The minimum absolute atomic E-state index is 0.121. The lowest BCUT2D eigenvalue weighted by atomic mass is 9.97. The molecule has 142 valence electrons. The molecule has 2 aliphatic rings. The highest BCUT2D eigenvalue weighted by Crippen LogP contribution is 2.32. The van der Waals surface area contributed by atoms with Gasteiger partial charge in [-0.3, -0.25) is 9.69 Å². The summed E-state index contributed by atoms with van der Waals surface area (Å²) in [7, 11) is 1.65. The molecule has 2 aliphatic heterocycles. The molecule has 1 aromatic heterocycles. The van der Waals surface area contributed by atoms with E-state index in [0.29, 0.717) is 18.9 Å². The van der Waals surface area contributed by atoms with Crippen molar-refractivity contribution < 1.29 is 9.53 Å². The van der Waals surface area contributed by atoms with Gasteiger partial charge in [0.2, 0.25) is 5.91 Å². The molecule has 0 unspecified atom stereocenters.